The molecule has 37 heavy (non-hydrogen) atoms. The summed E-state index contributed by atoms with van der Waals surface area (Å²) in [6.45, 7) is 9.48. The predicted molar refractivity (Wildman–Crippen MR) is 147 cm³/mol. The molecule has 0 radical (unpaired) electrons. The molecule has 2 saturated heterocycles. The van der Waals surface area contributed by atoms with Crippen molar-refractivity contribution in [3.05, 3.63) is 58.8 Å². The van der Waals surface area contributed by atoms with Crippen LogP contribution in [0, 0.1) is 0 Å². The van der Waals surface area contributed by atoms with Crippen molar-refractivity contribution in [2.75, 3.05) is 53.2 Å². The van der Waals surface area contributed by atoms with E-state index in [2.05, 4.69) is 16.3 Å². The maximum absolute atomic E-state index is 13.2. The molecule has 2 fully saturated rings. The van der Waals surface area contributed by atoms with E-state index in [1.165, 1.54) is 0 Å². The maximum Gasteiger partial charge on any atom is 0.276 e. The lowest BCUT2D eigenvalue weighted by Crippen LogP contribution is -2.35. The Kier molecular flexibility index (Phi) is 9.38. The first kappa shape index (κ1) is 26.9. The van der Waals surface area contributed by atoms with E-state index in [1.54, 1.807) is 12.0 Å². The van der Waals surface area contributed by atoms with Crippen molar-refractivity contribution < 1.29 is 23.7 Å². The van der Waals surface area contributed by atoms with E-state index in [9.17, 15) is 4.79 Å². The first-order valence-electron chi connectivity index (χ1n) is 12.7. The highest BCUT2D eigenvalue weighted by molar-refractivity contribution is 7.80. The van der Waals surface area contributed by atoms with Crippen LogP contribution in [0.5, 0.6) is 17.2 Å². The Morgan fingerprint density at radius 3 is 2.49 bits per heavy atom. The number of benzene rings is 2. The van der Waals surface area contributed by atoms with Crippen LogP contribution in [0.4, 0.5) is 0 Å². The van der Waals surface area contributed by atoms with Gasteiger partial charge in [-0.25, -0.2) is 0 Å². The highest BCUT2D eigenvalue weighted by Gasteiger charge is 2.30. The number of nitrogens with one attached hydrogen (secondary N) is 1. The summed E-state index contributed by atoms with van der Waals surface area (Å²) in [5.41, 5.74) is 3.50. The number of carbonyl (C=O) groups excluding carboxylic acids is 1. The molecule has 8 nitrogen and oxygen atoms in total. The van der Waals surface area contributed by atoms with Crippen molar-refractivity contribution >= 4 is 29.3 Å². The van der Waals surface area contributed by atoms with Gasteiger partial charge >= 0.3 is 0 Å². The fourth-order valence-electron chi connectivity index (χ4n) is 4.45. The van der Waals surface area contributed by atoms with E-state index in [4.69, 9.17) is 31.2 Å². The summed E-state index contributed by atoms with van der Waals surface area (Å²) in [5.74, 6) is 2.13. The van der Waals surface area contributed by atoms with Gasteiger partial charge in [0.1, 0.15) is 11.4 Å². The van der Waals surface area contributed by atoms with Crippen molar-refractivity contribution in [1.82, 2.24) is 15.1 Å². The highest BCUT2D eigenvalue weighted by Crippen LogP contribution is 2.29. The predicted octanol–water partition coefficient (Wildman–Crippen LogP) is 3.63. The second-order valence-corrected chi connectivity index (χ2v) is 9.19. The highest BCUT2D eigenvalue weighted by atomic mass is 32.1. The van der Waals surface area contributed by atoms with Gasteiger partial charge in [0, 0.05) is 31.7 Å². The fourth-order valence-corrected chi connectivity index (χ4v) is 4.73. The third-order valence-electron chi connectivity index (χ3n) is 6.31. The van der Waals surface area contributed by atoms with Crippen LogP contribution in [0.1, 0.15) is 30.5 Å². The van der Waals surface area contributed by atoms with Gasteiger partial charge in [-0.15, -0.1) is 0 Å². The van der Waals surface area contributed by atoms with Crippen LogP contribution in [0.15, 0.2) is 42.1 Å². The van der Waals surface area contributed by atoms with Gasteiger partial charge in [-0.1, -0.05) is 12.1 Å². The molecule has 2 heterocycles. The summed E-state index contributed by atoms with van der Waals surface area (Å²) in [6, 6.07) is 11.8. The number of morpholine rings is 1. The summed E-state index contributed by atoms with van der Waals surface area (Å²) >= 11 is 5.49. The second-order valence-electron chi connectivity index (χ2n) is 8.80. The van der Waals surface area contributed by atoms with Gasteiger partial charge < -0.3 is 24.3 Å². The van der Waals surface area contributed by atoms with Crippen molar-refractivity contribution in [2.24, 2.45) is 0 Å². The molecule has 2 aromatic carbocycles. The molecule has 2 aliphatic heterocycles. The molecule has 0 aromatic heterocycles. The van der Waals surface area contributed by atoms with E-state index < -0.39 is 0 Å². The number of ether oxygens (including phenoxy) is 4. The van der Waals surface area contributed by atoms with Crippen molar-refractivity contribution in [2.45, 2.75) is 26.8 Å². The van der Waals surface area contributed by atoms with Crippen molar-refractivity contribution in [1.29, 1.82) is 0 Å². The lowest BCUT2D eigenvalue weighted by molar-refractivity contribution is -0.122. The largest absolute Gasteiger partial charge is 0.496 e. The Labute approximate surface area is 224 Å². The number of hydrogen-bond donors (Lipinski definition) is 1. The van der Waals surface area contributed by atoms with E-state index in [0.29, 0.717) is 42.7 Å². The molecule has 0 atom stereocenters. The quantitative estimate of drug-likeness (QED) is 0.352. The lowest BCUT2D eigenvalue weighted by Gasteiger charge is -2.27. The molecule has 0 saturated carbocycles. The van der Waals surface area contributed by atoms with Crippen molar-refractivity contribution in [3.8, 4) is 17.2 Å². The van der Waals surface area contributed by atoms with Gasteiger partial charge in [-0.3, -0.25) is 14.6 Å². The molecule has 0 aliphatic carbocycles. The molecular weight excluding hydrogens is 490 g/mol. The zero-order valence-corrected chi connectivity index (χ0v) is 22.6. The van der Waals surface area contributed by atoms with Crippen LogP contribution in [0.3, 0.4) is 0 Å². The summed E-state index contributed by atoms with van der Waals surface area (Å²) < 4.78 is 22.4. The summed E-state index contributed by atoms with van der Waals surface area (Å²) in [4.78, 5) is 17.1. The van der Waals surface area contributed by atoms with Crippen LogP contribution in [0.2, 0.25) is 0 Å². The van der Waals surface area contributed by atoms with Gasteiger partial charge in [-0.05, 0) is 74.0 Å². The zero-order chi connectivity index (χ0) is 26.2. The molecule has 1 N–H and O–H groups in total. The Balaban J connectivity index is 1.44. The van der Waals surface area contributed by atoms with Crippen LogP contribution in [-0.2, 0) is 22.5 Å². The first-order chi connectivity index (χ1) is 18.0. The number of rotatable bonds is 11. The molecule has 0 bridgehead atoms. The second kappa shape index (κ2) is 12.9. The zero-order valence-electron chi connectivity index (χ0n) is 21.7. The topological polar surface area (TPSA) is 72.5 Å². The minimum atomic E-state index is -0.133. The standard InChI is InChI=1S/C28H35N3O5S/c1-4-35-25-9-6-20(18-26(25)36-5-2)10-11-31-27(32)23(29-28(31)37)17-21-7-8-24(33-3)22(16-21)19-30-12-14-34-15-13-30/h6-9,16-18H,4-5,10-15,19H2,1-3H3,(H,29,37)/b23-17+. The van der Waals surface area contributed by atoms with Crippen molar-refractivity contribution in [3.63, 3.8) is 0 Å². The Hall–Kier alpha value is -3.14. The molecule has 0 unspecified atom stereocenters. The lowest BCUT2D eigenvalue weighted by atomic mass is 10.1. The minimum absolute atomic E-state index is 0.133. The number of nitrogens with zero attached hydrogens (tertiary/aromatic N) is 2. The van der Waals surface area contributed by atoms with E-state index in [1.807, 2.05) is 50.3 Å². The molecule has 0 spiro atoms. The summed E-state index contributed by atoms with van der Waals surface area (Å²) in [6.07, 6.45) is 2.49. The first-order valence-corrected chi connectivity index (χ1v) is 13.1. The van der Waals surface area contributed by atoms with Gasteiger partial charge in [0.05, 0.1) is 33.5 Å². The van der Waals surface area contributed by atoms with Gasteiger partial charge in [0.2, 0.25) is 0 Å². The van der Waals surface area contributed by atoms with Crippen LogP contribution < -0.4 is 19.5 Å². The summed E-state index contributed by atoms with van der Waals surface area (Å²) in [5, 5.41) is 3.50. The molecule has 2 aliphatic rings. The number of carbonyl (C=O) groups is 1. The Morgan fingerprint density at radius 2 is 1.76 bits per heavy atom. The normalized spacial score (nSPS) is 17.3. The number of thiocarbonyl (C=S) groups is 1. The molecule has 4 rings (SSSR count). The third-order valence-corrected chi connectivity index (χ3v) is 6.63. The number of amides is 1. The van der Waals surface area contributed by atoms with Crippen LogP contribution in [-0.4, -0.2) is 74.0 Å². The molecule has 2 aromatic rings. The molecule has 198 valence electrons. The summed E-state index contributed by atoms with van der Waals surface area (Å²) in [7, 11) is 1.68. The molecular formula is C28H35N3O5S. The minimum Gasteiger partial charge on any atom is -0.496 e. The number of methoxy groups -OCH3 is 1. The fraction of sp³-hybridized carbons (Fsp3) is 0.429. The van der Waals surface area contributed by atoms with E-state index >= 15 is 0 Å². The van der Waals surface area contributed by atoms with Gasteiger partial charge in [0.15, 0.2) is 16.6 Å². The average Bonchev–Trinajstić information content (AvgIpc) is 3.17. The Bertz CT molecular complexity index is 1150. The smallest absolute Gasteiger partial charge is 0.276 e. The van der Waals surface area contributed by atoms with E-state index in [0.717, 1.165) is 61.0 Å². The third kappa shape index (κ3) is 6.80. The SMILES string of the molecule is CCOc1ccc(CCN2C(=O)/C(=C\c3ccc(OC)c(CN4CCOCC4)c3)NC2=S)cc1OCC. The number of hydrogen-bond acceptors (Lipinski definition) is 7. The van der Waals surface area contributed by atoms with Gasteiger partial charge in [0.25, 0.3) is 5.91 Å². The molecule has 9 heteroatoms. The molecule has 1 amide bonds. The Morgan fingerprint density at radius 1 is 1.03 bits per heavy atom. The van der Waals surface area contributed by atoms with Crippen LogP contribution in [0.25, 0.3) is 6.08 Å². The van der Waals surface area contributed by atoms with Crippen LogP contribution >= 0.6 is 12.2 Å². The maximum atomic E-state index is 13.2. The monoisotopic (exact) mass is 525 g/mol. The van der Waals surface area contributed by atoms with Gasteiger partial charge in [-0.2, -0.15) is 0 Å². The average molecular weight is 526 g/mol. The van der Waals surface area contributed by atoms with E-state index in [-0.39, 0.29) is 5.91 Å².